The third kappa shape index (κ3) is 4.70. The second kappa shape index (κ2) is 8.73. The van der Waals surface area contributed by atoms with Crippen molar-refractivity contribution in [1.82, 2.24) is 9.55 Å². The van der Waals surface area contributed by atoms with Crippen LogP contribution < -0.4 is 10.1 Å². The molecule has 2 N–H and O–H groups in total. The molecule has 1 heterocycles. The largest absolute Gasteiger partial charge is 0.496 e. The summed E-state index contributed by atoms with van der Waals surface area (Å²) < 4.78 is 7.70. The van der Waals surface area contributed by atoms with E-state index < -0.39 is 5.97 Å². The second-order valence-corrected chi connectivity index (χ2v) is 10.6. The van der Waals surface area contributed by atoms with E-state index in [1.54, 1.807) is 6.07 Å². The zero-order valence-corrected chi connectivity index (χ0v) is 20.5. The first-order valence-corrected chi connectivity index (χ1v) is 11.8. The van der Waals surface area contributed by atoms with Crippen LogP contribution in [0.2, 0.25) is 0 Å². The molecule has 0 aliphatic heterocycles. The summed E-state index contributed by atoms with van der Waals surface area (Å²) in [5.74, 6) is 1.13. The SMILES string of the molecule is COc1cc2c(cc1C(=O)O)nc(Nc1ccc(C(C)C)cc1)n2[C@@H]1C[C@H](C)CC(C)(C)C1. The fourth-order valence-electron chi connectivity index (χ4n) is 5.49. The zero-order chi connectivity index (χ0) is 23.9. The van der Waals surface area contributed by atoms with Crippen molar-refractivity contribution in [3.63, 3.8) is 0 Å². The fraction of sp³-hybridized carbons (Fsp3) is 0.481. The van der Waals surface area contributed by atoms with Gasteiger partial charge in [-0.1, -0.05) is 46.8 Å². The lowest BCUT2D eigenvalue weighted by Gasteiger charge is -2.40. The van der Waals surface area contributed by atoms with Crippen molar-refractivity contribution in [2.24, 2.45) is 11.3 Å². The van der Waals surface area contributed by atoms with Gasteiger partial charge in [0.25, 0.3) is 0 Å². The molecule has 1 fully saturated rings. The average molecular weight is 450 g/mol. The van der Waals surface area contributed by atoms with Gasteiger partial charge in [0.15, 0.2) is 0 Å². The van der Waals surface area contributed by atoms with Crippen molar-refractivity contribution in [2.75, 3.05) is 12.4 Å². The highest BCUT2D eigenvalue weighted by molar-refractivity contribution is 5.96. The van der Waals surface area contributed by atoms with E-state index in [1.165, 1.54) is 19.1 Å². The molecule has 2 aromatic carbocycles. The van der Waals surface area contributed by atoms with Crippen LogP contribution in [0.4, 0.5) is 11.6 Å². The Balaban J connectivity index is 1.85. The molecule has 176 valence electrons. The summed E-state index contributed by atoms with van der Waals surface area (Å²) in [5.41, 5.74) is 4.15. The van der Waals surface area contributed by atoms with Gasteiger partial charge in [0.1, 0.15) is 11.3 Å². The lowest BCUT2D eigenvalue weighted by Crippen LogP contribution is -2.29. The number of imidazole rings is 1. The Morgan fingerprint density at radius 2 is 1.91 bits per heavy atom. The summed E-state index contributed by atoms with van der Waals surface area (Å²) in [7, 11) is 1.51. The molecule has 6 heteroatoms. The molecule has 0 spiro atoms. The van der Waals surface area contributed by atoms with Crippen LogP contribution in [0, 0.1) is 11.3 Å². The number of benzene rings is 2. The number of ether oxygens (including phenoxy) is 1. The van der Waals surface area contributed by atoms with Crippen LogP contribution in [0.25, 0.3) is 11.0 Å². The predicted molar refractivity (Wildman–Crippen MR) is 133 cm³/mol. The van der Waals surface area contributed by atoms with E-state index >= 15 is 0 Å². The number of anilines is 2. The van der Waals surface area contributed by atoms with E-state index in [0.717, 1.165) is 30.0 Å². The van der Waals surface area contributed by atoms with Gasteiger partial charge in [-0.15, -0.1) is 0 Å². The topological polar surface area (TPSA) is 76.4 Å². The number of aromatic nitrogens is 2. The Hall–Kier alpha value is -3.02. The number of fused-ring (bicyclic) bond motifs is 1. The number of rotatable bonds is 6. The molecule has 1 aromatic heterocycles. The molecule has 0 bridgehead atoms. The summed E-state index contributed by atoms with van der Waals surface area (Å²) in [6.07, 6.45) is 3.29. The van der Waals surface area contributed by atoms with Crippen LogP contribution in [0.15, 0.2) is 36.4 Å². The van der Waals surface area contributed by atoms with Gasteiger partial charge in [-0.2, -0.15) is 0 Å². The summed E-state index contributed by atoms with van der Waals surface area (Å²) in [6.45, 7) is 11.3. The number of aromatic carboxylic acids is 1. The third-order valence-corrected chi connectivity index (χ3v) is 6.80. The summed E-state index contributed by atoms with van der Waals surface area (Å²) >= 11 is 0. The summed E-state index contributed by atoms with van der Waals surface area (Å²) in [6, 6.07) is 12.1. The van der Waals surface area contributed by atoms with E-state index in [4.69, 9.17) is 9.72 Å². The zero-order valence-electron chi connectivity index (χ0n) is 20.5. The van der Waals surface area contributed by atoms with Crippen LogP contribution in [0.3, 0.4) is 0 Å². The lowest BCUT2D eigenvalue weighted by atomic mass is 9.70. The fourth-order valence-corrected chi connectivity index (χ4v) is 5.49. The number of nitrogens with one attached hydrogen (secondary N) is 1. The van der Waals surface area contributed by atoms with Crippen LogP contribution in [0.1, 0.15) is 81.8 Å². The van der Waals surface area contributed by atoms with Gasteiger partial charge in [-0.05, 0) is 60.3 Å². The predicted octanol–water partition coefficient (Wildman–Crippen LogP) is 7.00. The first-order chi connectivity index (χ1) is 15.6. The quantitative estimate of drug-likeness (QED) is 0.424. The molecule has 1 aliphatic rings. The number of carbonyl (C=O) groups is 1. The normalized spacial score (nSPS) is 20.2. The minimum Gasteiger partial charge on any atom is -0.496 e. The Bertz CT molecular complexity index is 1160. The molecule has 3 aromatic rings. The molecular weight excluding hydrogens is 414 g/mol. The van der Waals surface area contributed by atoms with Gasteiger partial charge < -0.3 is 19.7 Å². The average Bonchev–Trinajstić information content (AvgIpc) is 3.08. The molecule has 0 radical (unpaired) electrons. The number of hydrogen-bond acceptors (Lipinski definition) is 4. The van der Waals surface area contributed by atoms with Crippen molar-refractivity contribution in [1.29, 1.82) is 0 Å². The molecule has 1 aliphatic carbocycles. The van der Waals surface area contributed by atoms with E-state index in [2.05, 4.69) is 68.8 Å². The second-order valence-electron chi connectivity index (χ2n) is 10.6. The summed E-state index contributed by atoms with van der Waals surface area (Å²) in [4.78, 5) is 16.7. The van der Waals surface area contributed by atoms with Crippen molar-refractivity contribution in [2.45, 2.75) is 65.8 Å². The van der Waals surface area contributed by atoms with E-state index in [0.29, 0.717) is 23.1 Å². The Morgan fingerprint density at radius 1 is 1.21 bits per heavy atom. The van der Waals surface area contributed by atoms with Gasteiger partial charge in [-0.3, -0.25) is 0 Å². The lowest BCUT2D eigenvalue weighted by molar-refractivity contribution is 0.0693. The van der Waals surface area contributed by atoms with Crippen LogP contribution in [0.5, 0.6) is 5.75 Å². The minimum atomic E-state index is -1.02. The Morgan fingerprint density at radius 3 is 2.48 bits per heavy atom. The molecule has 33 heavy (non-hydrogen) atoms. The maximum absolute atomic E-state index is 11.8. The highest BCUT2D eigenvalue weighted by atomic mass is 16.5. The number of nitrogens with zero attached hydrogens (tertiary/aromatic N) is 2. The maximum atomic E-state index is 11.8. The van der Waals surface area contributed by atoms with E-state index in [-0.39, 0.29) is 17.0 Å². The highest BCUT2D eigenvalue weighted by Crippen LogP contribution is 2.46. The van der Waals surface area contributed by atoms with Crippen molar-refractivity contribution < 1.29 is 14.6 Å². The van der Waals surface area contributed by atoms with Gasteiger partial charge in [0.05, 0.1) is 18.1 Å². The van der Waals surface area contributed by atoms with Crippen molar-refractivity contribution >= 4 is 28.6 Å². The maximum Gasteiger partial charge on any atom is 0.339 e. The molecule has 0 amide bonds. The van der Waals surface area contributed by atoms with Gasteiger partial charge in [-0.25, -0.2) is 9.78 Å². The summed E-state index contributed by atoms with van der Waals surface area (Å²) in [5, 5.41) is 13.2. The van der Waals surface area contributed by atoms with E-state index in [9.17, 15) is 9.90 Å². The Kier molecular flexibility index (Phi) is 6.12. The van der Waals surface area contributed by atoms with Crippen LogP contribution in [-0.4, -0.2) is 27.7 Å². The first-order valence-electron chi connectivity index (χ1n) is 11.8. The Labute approximate surface area is 196 Å². The molecular formula is C27H35N3O3. The molecule has 0 unspecified atom stereocenters. The number of carboxylic acid groups (broad SMARTS) is 1. The first kappa shape index (κ1) is 23.1. The standard InChI is InChI=1S/C27H35N3O3/c1-16(2)18-7-9-19(10-8-18)28-26-29-22-12-21(25(31)32)24(33-6)13-23(22)30(26)20-11-17(3)14-27(4,5)15-20/h7-10,12-13,16-17,20H,11,14-15H2,1-6H3,(H,28,29)(H,31,32)/t17-,20+/m0/s1. The van der Waals surface area contributed by atoms with Crippen molar-refractivity contribution in [3.05, 3.63) is 47.5 Å². The number of hydrogen-bond donors (Lipinski definition) is 2. The highest BCUT2D eigenvalue weighted by Gasteiger charge is 2.35. The smallest absolute Gasteiger partial charge is 0.339 e. The van der Waals surface area contributed by atoms with E-state index in [1.807, 2.05) is 6.07 Å². The van der Waals surface area contributed by atoms with Gasteiger partial charge in [0, 0.05) is 17.8 Å². The van der Waals surface area contributed by atoms with Crippen LogP contribution >= 0.6 is 0 Å². The van der Waals surface area contributed by atoms with Crippen molar-refractivity contribution in [3.8, 4) is 5.75 Å². The van der Waals surface area contributed by atoms with Gasteiger partial charge in [0.2, 0.25) is 5.95 Å². The van der Waals surface area contributed by atoms with Crippen LogP contribution in [-0.2, 0) is 0 Å². The monoisotopic (exact) mass is 449 g/mol. The molecule has 0 saturated heterocycles. The third-order valence-electron chi connectivity index (χ3n) is 6.80. The molecule has 1 saturated carbocycles. The minimum absolute atomic E-state index is 0.125. The number of carboxylic acids is 1. The molecule has 4 rings (SSSR count). The number of methoxy groups -OCH3 is 1. The molecule has 6 nitrogen and oxygen atoms in total. The molecule has 2 atom stereocenters. The van der Waals surface area contributed by atoms with Gasteiger partial charge >= 0.3 is 5.97 Å².